The number of para-hydroxylation sites is 1. The van der Waals surface area contributed by atoms with Crippen LogP contribution in [0.15, 0.2) is 82.7 Å². The van der Waals surface area contributed by atoms with Gasteiger partial charge in [-0.05, 0) is 48.5 Å². The summed E-state index contributed by atoms with van der Waals surface area (Å²) in [6.07, 6.45) is -0.0693. The predicted octanol–water partition coefficient (Wildman–Crippen LogP) is 4.05. The minimum Gasteiger partial charge on any atom is -0.454 e. The Hall–Kier alpha value is -4.28. The number of amides is 2. The molecule has 1 aliphatic heterocycles. The van der Waals surface area contributed by atoms with E-state index in [1.165, 1.54) is 28.8 Å². The summed E-state index contributed by atoms with van der Waals surface area (Å²) in [7, 11) is 1.57. The zero-order valence-corrected chi connectivity index (χ0v) is 22.1. The Morgan fingerprint density at radius 1 is 1.00 bits per heavy atom. The van der Waals surface area contributed by atoms with Crippen LogP contribution in [0.25, 0.3) is 10.9 Å². The van der Waals surface area contributed by atoms with Crippen LogP contribution in [0.1, 0.15) is 27.1 Å². The summed E-state index contributed by atoms with van der Waals surface area (Å²) in [4.78, 5) is 68.9. The number of ether oxygens (including phenoxy) is 1. The Morgan fingerprint density at radius 2 is 1.69 bits per heavy atom. The largest absolute Gasteiger partial charge is 0.454 e. The number of rotatable bonds is 7. The van der Waals surface area contributed by atoms with E-state index in [-0.39, 0.29) is 33.8 Å². The van der Waals surface area contributed by atoms with Gasteiger partial charge >= 0.3 is 5.97 Å². The molecular formula is C28H20ClN3O6S. The third-order valence-corrected chi connectivity index (χ3v) is 7.72. The second-order valence-electron chi connectivity index (χ2n) is 8.68. The van der Waals surface area contributed by atoms with Crippen molar-refractivity contribution in [2.75, 3.05) is 11.5 Å². The smallest absolute Gasteiger partial charge is 0.338 e. The van der Waals surface area contributed by atoms with Crippen LogP contribution in [0.2, 0.25) is 5.02 Å². The lowest BCUT2D eigenvalue weighted by Crippen LogP contribution is -2.31. The Balaban J connectivity index is 1.26. The summed E-state index contributed by atoms with van der Waals surface area (Å²) >= 11 is 7.06. The third kappa shape index (κ3) is 5.21. The lowest BCUT2D eigenvalue weighted by Gasteiger charge is -2.16. The van der Waals surface area contributed by atoms with Gasteiger partial charge in [-0.15, -0.1) is 0 Å². The number of hydrogen-bond acceptors (Lipinski definition) is 8. The summed E-state index contributed by atoms with van der Waals surface area (Å²) in [5, 5.41) is 0.290. The lowest BCUT2D eigenvalue weighted by atomic mass is 10.1. The van der Waals surface area contributed by atoms with E-state index in [0.717, 1.165) is 16.7 Å². The van der Waals surface area contributed by atoms with Gasteiger partial charge in [0.05, 0.1) is 27.2 Å². The van der Waals surface area contributed by atoms with Gasteiger partial charge in [-0.2, -0.15) is 0 Å². The van der Waals surface area contributed by atoms with Crippen molar-refractivity contribution >= 4 is 63.5 Å². The van der Waals surface area contributed by atoms with Gasteiger partial charge in [-0.1, -0.05) is 47.6 Å². The highest BCUT2D eigenvalue weighted by Gasteiger charge is 2.41. The second-order valence-corrected chi connectivity index (χ2v) is 10.3. The van der Waals surface area contributed by atoms with E-state index in [1.807, 2.05) is 0 Å². The van der Waals surface area contributed by atoms with E-state index in [2.05, 4.69) is 4.98 Å². The summed E-state index contributed by atoms with van der Waals surface area (Å²) < 4.78 is 6.47. The van der Waals surface area contributed by atoms with Crippen molar-refractivity contribution < 1.29 is 23.9 Å². The molecule has 1 saturated heterocycles. The van der Waals surface area contributed by atoms with Crippen molar-refractivity contribution in [1.82, 2.24) is 9.55 Å². The van der Waals surface area contributed by atoms with E-state index >= 15 is 0 Å². The maximum Gasteiger partial charge on any atom is 0.338 e. The number of aromatic nitrogens is 2. The number of esters is 1. The molecule has 0 spiro atoms. The fraction of sp³-hybridized carbons (Fsp3) is 0.143. The van der Waals surface area contributed by atoms with Gasteiger partial charge in [0.25, 0.3) is 5.56 Å². The van der Waals surface area contributed by atoms with Crippen LogP contribution < -0.4 is 10.5 Å². The molecule has 39 heavy (non-hydrogen) atoms. The van der Waals surface area contributed by atoms with Crippen molar-refractivity contribution in [3.8, 4) is 0 Å². The van der Waals surface area contributed by atoms with Crippen molar-refractivity contribution in [1.29, 1.82) is 0 Å². The first-order valence-electron chi connectivity index (χ1n) is 11.8. The van der Waals surface area contributed by atoms with Crippen molar-refractivity contribution in [3.05, 3.63) is 99.3 Å². The number of imide groups is 1. The fourth-order valence-corrected chi connectivity index (χ4v) is 5.44. The fourth-order valence-electron chi connectivity index (χ4n) is 4.12. The van der Waals surface area contributed by atoms with Crippen molar-refractivity contribution in [2.24, 2.45) is 7.05 Å². The van der Waals surface area contributed by atoms with Gasteiger partial charge in [-0.25, -0.2) is 14.7 Å². The maximum absolute atomic E-state index is 13.2. The van der Waals surface area contributed by atoms with E-state index in [9.17, 15) is 24.0 Å². The SMILES string of the molecule is Cn1c(SC2CC(=O)N(c3ccc(C(=O)OCC(=O)c4ccccc4Cl)cc3)C2=O)nc2ccccc2c1=O. The highest BCUT2D eigenvalue weighted by atomic mass is 35.5. The zero-order valence-electron chi connectivity index (χ0n) is 20.5. The molecule has 1 fully saturated rings. The van der Waals surface area contributed by atoms with Gasteiger partial charge in [0.1, 0.15) is 5.25 Å². The molecule has 1 aliphatic rings. The molecular weight excluding hydrogens is 542 g/mol. The highest BCUT2D eigenvalue weighted by molar-refractivity contribution is 8.00. The number of benzene rings is 3. The number of thioether (sulfide) groups is 1. The summed E-state index contributed by atoms with van der Waals surface area (Å²) in [5.41, 5.74) is 0.948. The topological polar surface area (TPSA) is 116 Å². The molecule has 4 aromatic rings. The maximum atomic E-state index is 13.2. The Labute approximate surface area is 231 Å². The van der Waals surface area contributed by atoms with Crippen LogP contribution in [0.3, 0.4) is 0 Å². The van der Waals surface area contributed by atoms with Crippen LogP contribution in [0.4, 0.5) is 5.69 Å². The number of fused-ring (bicyclic) bond motifs is 1. The number of halogens is 1. The van der Waals surface area contributed by atoms with Crippen LogP contribution in [-0.4, -0.2) is 45.0 Å². The first kappa shape index (κ1) is 26.3. The molecule has 0 radical (unpaired) electrons. The normalized spacial score (nSPS) is 15.1. The average Bonchev–Trinajstić information content (AvgIpc) is 3.22. The number of hydrogen-bond donors (Lipinski definition) is 0. The van der Waals surface area contributed by atoms with Crippen molar-refractivity contribution in [2.45, 2.75) is 16.8 Å². The number of anilines is 1. The third-order valence-electron chi connectivity index (χ3n) is 6.16. The van der Waals surface area contributed by atoms with Gasteiger partial charge in [0.15, 0.2) is 11.8 Å². The molecule has 0 aliphatic carbocycles. The Kier molecular flexibility index (Phi) is 7.32. The molecule has 11 heteroatoms. The van der Waals surface area contributed by atoms with E-state index in [4.69, 9.17) is 16.3 Å². The molecule has 5 rings (SSSR count). The number of carbonyl (C=O) groups is 4. The molecule has 2 heterocycles. The van der Waals surface area contributed by atoms with Crippen LogP contribution in [0.5, 0.6) is 0 Å². The molecule has 3 aromatic carbocycles. The minimum atomic E-state index is -0.766. The zero-order chi connectivity index (χ0) is 27.7. The highest BCUT2D eigenvalue weighted by Crippen LogP contribution is 2.33. The second kappa shape index (κ2) is 10.8. The van der Waals surface area contributed by atoms with Crippen LogP contribution in [0, 0.1) is 0 Å². The van der Waals surface area contributed by atoms with E-state index in [0.29, 0.717) is 16.1 Å². The first-order valence-corrected chi connectivity index (χ1v) is 13.0. The molecule has 1 atom stereocenters. The number of ketones is 1. The molecule has 0 N–H and O–H groups in total. The molecule has 1 aromatic heterocycles. The number of Topliss-reactive ketones (excluding diaryl/α,β-unsaturated/α-hetero) is 1. The van der Waals surface area contributed by atoms with Crippen LogP contribution >= 0.6 is 23.4 Å². The molecule has 9 nitrogen and oxygen atoms in total. The quantitative estimate of drug-likeness (QED) is 0.144. The van der Waals surface area contributed by atoms with Gasteiger partial charge in [0, 0.05) is 19.0 Å². The summed E-state index contributed by atoms with van der Waals surface area (Å²) in [6, 6.07) is 19.1. The predicted molar refractivity (Wildman–Crippen MR) is 146 cm³/mol. The van der Waals surface area contributed by atoms with E-state index in [1.54, 1.807) is 55.6 Å². The molecule has 0 bridgehead atoms. The Morgan fingerprint density at radius 3 is 2.44 bits per heavy atom. The number of nitrogens with zero attached hydrogens (tertiary/aromatic N) is 3. The Bertz CT molecular complexity index is 1700. The molecule has 196 valence electrons. The first-order chi connectivity index (χ1) is 18.7. The summed E-state index contributed by atoms with van der Waals surface area (Å²) in [5.74, 6) is -2.05. The van der Waals surface area contributed by atoms with Crippen LogP contribution in [-0.2, 0) is 21.4 Å². The lowest BCUT2D eigenvalue weighted by molar-refractivity contribution is -0.121. The molecule has 0 saturated carbocycles. The molecule has 2 amide bonds. The van der Waals surface area contributed by atoms with Gasteiger partial charge in [-0.3, -0.25) is 23.7 Å². The van der Waals surface area contributed by atoms with Gasteiger partial charge in [0.2, 0.25) is 17.6 Å². The van der Waals surface area contributed by atoms with E-state index < -0.39 is 35.4 Å². The molecule has 1 unspecified atom stereocenters. The number of carbonyl (C=O) groups excluding carboxylic acids is 4. The van der Waals surface area contributed by atoms with Crippen molar-refractivity contribution in [3.63, 3.8) is 0 Å². The minimum absolute atomic E-state index is 0.0693. The monoisotopic (exact) mass is 561 g/mol. The average molecular weight is 562 g/mol. The van der Waals surface area contributed by atoms with Gasteiger partial charge < -0.3 is 4.74 Å². The summed E-state index contributed by atoms with van der Waals surface area (Å²) in [6.45, 7) is -0.488. The standard InChI is InChI=1S/C28H20ClN3O6S/c1-31-25(35)19-7-3-5-9-21(19)30-28(31)39-23-14-24(34)32(26(23)36)17-12-10-16(11-13-17)27(37)38-15-22(33)18-6-2-4-8-20(18)29/h2-13,23H,14-15H2,1H3.